The first-order chi connectivity index (χ1) is 33.3. The molecule has 0 spiro atoms. The smallest absolute Gasteiger partial charge is 0.257 e. The summed E-state index contributed by atoms with van der Waals surface area (Å²) in [6.45, 7) is 12.7. The first-order valence-corrected chi connectivity index (χ1v) is 25.1. The van der Waals surface area contributed by atoms with Crippen molar-refractivity contribution in [2.75, 3.05) is 59.2 Å². The van der Waals surface area contributed by atoms with E-state index in [1.165, 1.54) is 9.79 Å². The number of allylic oxidation sites excluding steroid dienone is 8. The number of fused-ring (bicyclic) bond motifs is 2. The molecule has 2 aliphatic heterocycles. The minimum Gasteiger partial charge on any atom is -0.488 e. The van der Waals surface area contributed by atoms with Gasteiger partial charge in [0.1, 0.15) is 18.0 Å². The molecule has 0 radical (unpaired) electrons. The van der Waals surface area contributed by atoms with Gasteiger partial charge in [0.15, 0.2) is 0 Å². The van der Waals surface area contributed by atoms with Gasteiger partial charge in [0.2, 0.25) is 0 Å². The van der Waals surface area contributed by atoms with Gasteiger partial charge in [-0.3, -0.25) is 9.69 Å². The van der Waals surface area contributed by atoms with Gasteiger partial charge in [0.05, 0.1) is 34.9 Å². The molecule has 5 aromatic rings. The summed E-state index contributed by atoms with van der Waals surface area (Å²) in [4.78, 5) is 22.7. The lowest BCUT2D eigenvalue weighted by atomic mass is 10.1. The van der Waals surface area contributed by atoms with Crippen LogP contribution in [0.15, 0.2) is 208 Å². The number of hydrogen-bond acceptors (Lipinski definition) is 10. The maximum atomic E-state index is 14.3. The Kier molecular flexibility index (Phi) is 17.4. The molecule has 69 heavy (non-hydrogen) atoms. The highest BCUT2D eigenvalue weighted by molar-refractivity contribution is 8.03. The molecule has 0 fully saturated rings. The van der Waals surface area contributed by atoms with Gasteiger partial charge < -0.3 is 34.6 Å². The van der Waals surface area contributed by atoms with Gasteiger partial charge in [-0.25, -0.2) is 0 Å². The van der Waals surface area contributed by atoms with Crippen molar-refractivity contribution >= 4 is 69.2 Å². The molecule has 2 N–H and O–H groups in total. The highest BCUT2D eigenvalue weighted by atomic mass is 32.2. The van der Waals surface area contributed by atoms with Crippen LogP contribution in [0.25, 0.3) is 0 Å². The standard InChI is InChI=1S/C58H65N5O4S2/c1-9-20-43(10-2)61(7)45-31-35-47(36-32-45)63(48-37-33-46(34-38-48)62(8)44-21-12-11-13-22-44)56(64)41-65-42-58(5,6)66-40-39-57(3,4)67-49(23-18-29-54-59-50-25-14-16-27-52(50)68-54)24-19-30-55-60-51-26-15-17-28-53(51)69-55/h9-38,54,59-60H,39-42H2,1-8H3/b20-9-,24-19+,29-18+,43-10+,49-23-,55-30-. The van der Waals surface area contributed by atoms with Crippen LogP contribution in [0.1, 0.15) is 48.0 Å². The lowest BCUT2D eigenvalue weighted by Crippen LogP contribution is -2.36. The number of rotatable bonds is 21. The van der Waals surface area contributed by atoms with E-state index in [9.17, 15) is 4.79 Å². The lowest BCUT2D eigenvalue weighted by molar-refractivity contribution is -0.127. The van der Waals surface area contributed by atoms with Gasteiger partial charge in [-0.1, -0.05) is 96.4 Å². The molecule has 0 saturated carbocycles. The van der Waals surface area contributed by atoms with Crippen molar-refractivity contribution in [1.82, 2.24) is 0 Å². The van der Waals surface area contributed by atoms with Crippen molar-refractivity contribution in [2.45, 2.75) is 74.3 Å². The number of nitrogens with one attached hydrogen (secondary N) is 2. The van der Waals surface area contributed by atoms with Crippen molar-refractivity contribution in [3.8, 4) is 0 Å². The summed E-state index contributed by atoms with van der Waals surface area (Å²) in [6.07, 6.45) is 19.1. The number of likely N-dealkylation sites (N-methyl/N-ethyl adjacent to an activating group) is 1. The molecule has 0 saturated heterocycles. The fraction of sp³-hybridized carbons (Fsp3) is 0.259. The number of nitrogens with zero attached hydrogens (tertiary/aromatic N) is 3. The number of carbonyl (C=O) groups is 1. The van der Waals surface area contributed by atoms with E-state index in [1.807, 2.05) is 139 Å². The fourth-order valence-electron chi connectivity index (χ4n) is 7.76. The Bertz CT molecular complexity index is 2640. The van der Waals surface area contributed by atoms with Gasteiger partial charge in [-0.15, -0.1) is 0 Å². The summed E-state index contributed by atoms with van der Waals surface area (Å²) >= 11 is 3.51. The van der Waals surface area contributed by atoms with Crippen LogP contribution >= 0.6 is 23.5 Å². The van der Waals surface area contributed by atoms with Crippen molar-refractivity contribution in [3.63, 3.8) is 0 Å². The van der Waals surface area contributed by atoms with Gasteiger partial charge in [0.25, 0.3) is 5.91 Å². The minimum atomic E-state index is -0.672. The molecular weight excluding hydrogens is 895 g/mol. The molecule has 11 heteroatoms. The van der Waals surface area contributed by atoms with E-state index in [-0.39, 0.29) is 24.5 Å². The van der Waals surface area contributed by atoms with E-state index >= 15 is 0 Å². The van der Waals surface area contributed by atoms with Gasteiger partial charge >= 0.3 is 0 Å². The number of amides is 1. The average molecular weight is 960 g/mol. The van der Waals surface area contributed by atoms with Crippen LogP contribution < -0.4 is 25.3 Å². The van der Waals surface area contributed by atoms with E-state index in [1.54, 1.807) is 28.4 Å². The zero-order valence-electron chi connectivity index (χ0n) is 41.0. The maximum Gasteiger partial charge on any atom is 0.257 e. The van der Waals surface area contributed by atoms with Gasteiger partial charge in [-0.2, -0.15) is 0 Å². The third-order valence-corrected chi connectivity index (χ3v) is 13.7. The highest BCUT2D eigenvalue weighted by Crippen LogP contribution is 2.41. The third kappa shape index (κ3) is 14.1. The van der Waals surface area contributed by atoms with Crippen molar-refractivity contribution in [2.24, 2.45) is 0 Å². The predicted molar refractivity (Wildman–Crippen MR) is 292 cm³/mol. The van der Waals surface area contributed by atoms with Crippen molar-refractivity contribution < 1.29 is 19.0 Å². The van der Waals surface area contributed by atoms with E-state index in [0.29, 0.717) is 13.0 Å². The molecule has 2 aliphatic rings. The second-order valence-electron chi connectivity index (χ2n) is 17.9. The first kappa shape index (κ1) is 50.5. The second-order valence-corrected chi connectivity index (χ2v) is 20.2. The van der Waals surface area contributed by atoms with Gasteiger partial charge in [-0.05, 0) is 151 Å². The van der Waals surface area contributed by atoms with Gasteiger partial charge in [0, 0.05) is 70.1 Å². The Morgan fingerprint density at radius 1 is 0.710 bits per heavy atom. The minimum absolute atomic E-state index is 0.130. The van der Waals surface area contributed by atoms with Crippen LogP contribution in [0.3, 0.4) is 0 Å². The molecule has 1 atom stereocenters. The molecular formula is C58H65N5O4S2. The van der Waals surface area contributed by atoms with Crippen LogP contribution in [0.4, 0.5) is 39.8 Å². The van der Waals surface area contributed by atoms with Crippen molar-refractivity contribution in [3.05, 3.63) is 199 Å². The van der Waals surface area contributed by atoms with E-state index in [2.05, 4.69) is 119 Å². The van der Waals surface area contributed by atoms with Crippen molar-refractivity contribution in [1.29, 1.82) is 0 Å². The zero-order chi connectivity index (χ0) is 48.8. The topological polar surface area (TPSA) is 78.5 Å². The van der Waals surface area contributed by atoms with Crippen LogP contribution in [-0.2, 0) is 19.0 Å². The van der Waals surface area contributed by atoms with E-state index in [0.717, 1.165) is 56.3 Å². The largest absolute Gasteiger partial charge is 0.488 e. The molecule has 358 valence electrons. The number of anilines is 7. The molecule has 2 heterocycles. The number of thioether (sulfide) groups is 2. The van der Waals surface area contributed by atoms with Crippen LogP contribution in [0, 0.1) is 0 Å². The zero-order valence-corrected chi connectivity index (χ0v) is 42.7. The van der Waals surface area contributed by atoms with Crippen LogP contribution in [0.5, 0.6) is 0 Å². The summed E-state index contributed by atoms with van der Waals surface area (Å²) in [5, 5.41) is 8.24. The van der Waals surface area contributed by atoms with E-state index < -0.39 is 11.2 Å². The molecule has 5 aromatic carbocycles. The quantitative estimate of drug-likeness (QED) is 0.0548. The number of carbonyl (C=O) groups excluding carboxylic acids is 1. The first-order valence-electron chi connectivity index (χ1n) is 23.4. The molecule has 7 rings (SSSR count). The predicted octanol–water partition coefficient (Wildman–Crippen LogP) is 14.6. The molecule has 9 nitrogen and oxygen atoms in total. The number of benzene rings is 5. The van der Waals surface area contributed by atoms with Crippen LogP contribution in [-0.4, -0.2) is 56.4 Å². The average Bonchev–Trinajstić information content (AvgIpc) is 3.97. The lowest BCUT2D eigenvalue weighted by Gasteiger charge is -2.31. The highest BCUT2D eigenvalue weighted by Gasteiger charge is 2.26. The monoisotopic (exact) mass is 959 g/mol. The normalized spacial score (nSPS) is 15.7. The summed E-state index contributed by atoms with van der Waals surface area (Å²) in [5.74, 6) is 0.542. The summed E-state index contributed by atoms with van der Waals surface area (Å²) in [6, 6.07) is 42.9. The molecule has 0 aliphatic carbocycles. The third-order valence-electron chi connectivity index (χ3n) is 11.5. The number of hydrogen-bond donors (Lipinski definition) is 2. The Morgan fingerprint density at radius 3 is 2.00 bits per heavy atom. The summed E-state index contributed by atoms with van der Waals surface area (Å²) in [5.41, 5.74) is 6.67. The SMILES string of the molecule is C/C=C\C(=C/C)N(C)c1ccc(N(C(=O)COCC(C)(C)OCCC(C)(C)OC(=C\C=C\C2Nc3ccccc3S2)/C=C/C=C2/Nc3ccccc3S2)c2ccc(N(C)c3ccccc3)cc2)cc1. The molecule has 0 aromatic heterocycles. The molecule has 1 amide bonds. The van der Waals surface area contributed by atoms with Crippen LogP contribution in [0.2, 0.25) is 0 Å². The van der Waals surface area contributed by atoms with E-state index in [4.69, 9.17) is 14.2 Å². The number of ether oxygens (including phenoxy) is 3. The Hall–Kier alpha value is -6.37. The second kappa shape index (κ2) is 23.8. The molecule has 0 bridgehead atoms. The Morgan fingerprint density at radius 2 is 1.33 bits per heavy atom. The Labute approximate surface area is 418 Å². The maximum absolute atomic E-state index is 14.3. The Balaban J connectivity index is 0.974. The summed E-state index contributed by atoms with van der Waals surface area (Å²) < 4.78 is 19.3. The number of para-hydroxylation sites is 3. The fourth-order valence-corrected chi connectivity index (χ4v) is 9.72. The molecule has 1 unspecified atom stereocenters. The summed E-state index contributed by atoms with van der Waals surface area (Å²) in [7, 11) is 4.07.